The molecule has 0 radical (unpaired) electrons. The molecular weight excluding hydrogens is 392 g/mol. The van der Waals surface area contributed by atoms with Gasteiger partial charge in [-0.2, -0.15) is 4.31 Å². The van der Waals surface area contributed by atoms with Gasteiger partial charge in [-0.1, -0.05) is 18.2 Å². The van der Waals surface area contributed by atoms with E-state index in [9.17, 15) is 8.42 Å². The largest absolute Gasteiger partial charge is 0.252 e. The van der Waals surface area contributed by atoms with Crippen molar-refractivity contribution in [2.75, 3.05) is 13.1 Å². The molecule has 0 spiro atoms. The molecule has 0 N–H and O–H groups in total. The molecule has 6 nitrogen and oxygen atoms in total. The Morgan fingerprint density at radius 3 is 2.32 bits per heavy atom. The van der Waals surface area contributed by atoms with E-state index in [0.29, 0.717) is 35.3 Å². The molecule has 1 aliphatic carbocycles. The lowest BCUT2D eigenvalue weighted by Gasteiger charge is -2.30. The van der Waals surface area contributed by atoms with E-state index in [1.54, 1.807) is 27.8 Å². The molecule has 0 unspecified atom stereocenters. The molecule has 5 rings (SSSR count). The number of aryl methyl sites for hydroxylation is 1. The third-order valence-electron chi connectivity index (χ3n) is 5.63. The first-order valence-corrected chi connectivity index (χ1v) is 12.0. The van der Waals surface area contributed by atoms with Crippen LogP contribution in [0.15, 0.2) is 35.2 Å². The molecule has 1 saturated carbocycles. The fourth-order valence-electron chi connectivity index (χ4n) is 3.81. The van der Waals surface area contributed by atoms with Crippen LogP contribution >= 0.6 is 11.3 Å². The van der Waals surface area contributed by atoms with Crippen molar-refractivity contribution < 1.29 is 8.42 Å². The Kier molecular flexibility index (Phi) is 4.45. The van der Waals surface area contributed by atoms with Gasteiger partial charge in [0.15, 0.2) is 0 Å². The Morgan fingerprint density at radius 1 is 0.964 bits per heavy atom. The number of piperidine rings is 1. The molecule has 1 aliphatic heterocycles. The first kappa shape index (κ1) is 18.1. The van der Waals surface area contributed by atoms with E-state index < -0.39 is 10.0 Å². The number of pyridine rings is 1. The maximum atomic E-state index is 13.3. The fraction of sp³-hybridized carbons (Fsp3) is 0.450. The average Bonchev–Trinajstić information content (AvgIpc) is 3.44. The lowest BCUT2D eigenvalue weighted by atomic mass is 9.99. The highest BCUT2D eigenvalue weighted by Gasteiger charge is 2.34. The minimum absolute atomic E-state index is 0.305. The number of hydrogen-bond donors (Lipinski definition) is 0. The summed E-state index contributed by atoms with van der Waals surface area (Å²) in [6.45, 7) is 2.90. The summed E-state index contributed by atoms with van der Waals surface area (Å²) in [5.41, 5.74) is 1.37. The topological polar surface area (TPSA) is 76.1 Å². The van der Waals surface area contributed by atoms with Crippen molar-refractivity contribution in [3.8, 4) is 0 Å². The lowest BCUT2D eigenvalue weighted by molar-refractivity contribution is 0.318. The second-order valence-corrected chi connectivity index (χ2v) is 10.7. The minimum atomic E-state index is -3.57. The highest BCUT2D eigenvalue weighted by Crippen LogP contribution is 2.43. The molecule has 0 amide bonds. The van der Waals surface area contributed by atoms with E-state index >= 15 is 0 Å². The zero-order valence-corrected chi connectivity index (χ0v) is 17.3. The summed E-state index contributed by atoms with van der Waals surface area (Å²) in [6.07, 6.45) is 4.03. The summed E-state index contributed by atoms with van der Waals surface area (Å²) < 4.78 is 28.2. The Hall–Kier alpha value is -1.90. The fourth-order valence-corrected chi connectivity index (χ4v) is 6.62. The van der Waals surface area contributed by atoms with Crippen molar-refractivity contribution in [2.24, 2.45) is 0 Å². The van der Waals surface area contributed by atoms with Crippen molar-refractivity contribution >= 4 is 32.3 Å². The lowest BCUT2D eigenvalue weighted by Crippen LogP contribution is -2.38. The molecule has 3 heterocycles. The summed E-state index contributed by atoms with van der Waals surface area (Å²) in [6, 6.07) is 9.19. The summed E-state index contributed by atoms with van der Waals surface area (Å²) in [4.78, 5) is 4.81. The monoisotopic (exact) mass is 414 g/mol. The second-order valence-electron chi connectivity index (χ2n) is 7.71. The predicted molar refractivity (Wildman–Crippen MR) is 109 cm³/mol. The Balaban J connectivity index is 1.37. The number of fused-ring (bicyclic) bond motifs is 1. The van der Waals surface area contributed by atoms with Gasteiger partial charge < -0.3 is 0 Å². The van der Waals surface area contributed by atoms with Crippen molar-refractivity contribution in [1.82, 2.24) is 19.5 Å². The van der Waals surface area contributed by atoms with Crippen LogP contribution in [0.2, 0.25) is 0 Å². The van der Waals surface area contributed by atoms with E-state index in [-0.39, 0.29) is 0 Å². The number of sulfonamides is 1. The van der Waals surface area contributed by atoms with Crippen molar-refractivity contribution in [1.29, 1.82) is 0 Å². The molecule has 2 aromatic heterocycles. The van der Waals surface area contributed by atoms with Crippen LogP contribution in [0.25, 0.3) is 10.9 Å². The molecule has 0 atom stereocenters. The van der Waals surface area contributed by atoms with Crippen LogP contribution in [0.3, 0.4) is 0 Å². The van der Waals surface area contributed by atoms with Gasteiger partial charge in [-0.05, 0) is 44.7 Å². The van der Waals surface area contributed by atoms with Crippen LogP contribution in [0.1, 0.15) is 53.2 Å². The van der Waals surface area contributed by atoms with Gasteiger partial charge in [-0.25, -0.2) is 8.42 Å². The molecule has 1 saturated heterocycles. The Morgan fingerprint density at radius 2 is 1.64 bits per heavy atom. The van der Waals surface area contributed by atoms with Gasteiger partial charge in [0.1, 0.15) is 14.9 Å². The summed E-state index contributed by atoms with van der Waals surface area (Å²) in [7, 11) is -3.57. The molecule has 3 aromatic rings. The number of hydrogen-bond acceptors (Lipinski definition) is 6. The highest BCUT2D eigenvalue weighted by atomic mass is 32.2. The molecule has 28 heavy (non-hydrogen) atoms. The van der Waals surface area contributed by atoms with E-state index in [2.05, 4.69) is 15.2 Å². The van der Waals surface area contributed by atoms with Crippen LogP contribution in [-0.4, -0.2) is 41.0 Å². The molecular formula is C20H22N4O2S2. The van der Waals surface area contributed by atoms with E-state index in [1.165, 1.54) is 12.8 Å². The number of aromatic nitrogens is 3. The van der Waals surface area contributed by atoms with Gasteiger partial charge in [0.25, 0.3) is 0 Å². The minimum Gasteiger partial charge on any atom is -0.252 e. The Labute approximate surface area is 168 Å². The van der Waals surface area contributed by atoms with Crippen molar-refractivity contribution in [3.05, 3.63) is 46.0 Å². The second kappa shape index (κ2) is 6.86. The smallest absolute Gasteiger partial charge is 0.245 e. The number of benzene rings is 1. The maximum absolute atomic E-state index is 13.3. The van der Waals surface area contributed by atoms with Gasteiger partial charge in [-0.15, -0.1) is 21.5 Å². The predicted octanol–water partition coefficient (Wildman–Crippen LogP) is 3.84. The molecule has 1 aromatic carbocycles. The van der Waals surface area contributed by atoms with Crippen LogP contribution in [-0.2, 0) is 10.0 Å². The number of nitrogens with zero attached hydrogens (tertiary/aromatic N) is 4. The highest BCUT2D eigenvalue weighted by molar-refractivity contribution is 7.89. The SMILES string of the molecule is Cc1ccc2cccc(S(=O)(=O)N3CCC(c4nnc(C5CC5)s4)CC3)c2n1. The van der Waals surface area contributed by atoms with Gasteiger partial charge in [0.05, 0.1) is 5.52 Å². The molecule has 0 bridgehead atoms. The first-order chi connectivity index (χ1) is 13.5. The average molecular weight is 415 g/mol. The van der Waals surface area contributed by atoms with Gasteiger partial charge in [0.2, 0.25) is 10.0 Å². The third-order valence-corrected chi connectivity index (χ3v) is 8.80. The van der Waals surface area contributed by atoms with Crippen LogP contribution < -0.4 is 0 Å². The first-order valence-electron chi connectivity index (χ1n) is 9.72. The number of rotatable bonds is 4. The van der Waals surface area contributed by atoms with Crippen molar-refractivity contribution in [2.45, 2.75) is 49.3 Å². The number of para-hydroxylation sites is 1. The van der Waals surface area contributed by atoms with Crippen LogP contribution in [0.5, 0.6) is 0 Å². The van der Waals surface area contributed by atoms with Gasteiger partial charge in [0, 0.05) is 36.0 Å². The third kappa shape index (κ3) is 3.23. The van der Waals surface area contributed by atoms with E-state index in [1.807, 2.05) is 25.1 Å². The normalized spacial score (nSPS) is 19.3. The van der Waals surface area contributed by atoms with Crippen LogP contribution in [0.4, 0.5) is 0 Å². The Bertz CT molecular complexity index is 1130. The molecule has 8 heteroatoms. The standard InChI is InChI=1S/C20H22N4O2S2/c1-13-5-6-14-3-2-4-17(18(14)21-13)28(25,26)24-11-9-16(10-12-24)20-23-22-19(27-20)15-7-8-15/h2-6,15-16H,7-12H2,1H3. The van der Waals surface area contributed by atoms with E-state index in [0.717, 1.165) is 33.9 Å². The van der Waals surface area contributed by atoms with Gasteiger partial charge >= 0.3 is 0 Å². The summed E-state index contributed by atoms with van der Waals surface area (Å²) >= 11 is 1.72. The van der Waals surface area contributed by atoms with Crippen LogP contribution in [0, 0.1) is 6.92 Å². The van der Waals surface area contributed by atoms with Gasteiger partial charge in [-0.3, -0.25) is 4.98 Å². The zero-order valence-electron chi connectivity index (χ0n) is 15.7. The molecule has 2 aliphatic rings. The molecule has 146 valence electrons. The zero-order chi connectivity index (χ0) is 19.3. The quantitative estimate of drug-likeness (QED) is 0.648. The molecule has 2 fully saturated rings. The summed E-state index contributed by atoms with van der Waals surface area (Å²) in [5.74, 6) is 0.929. The summed E-state index contributed by atoms with van der Waals surface area (Å²) in [5, 5.41) is 11.8. The van der Waals surface area contributed by atoms with E-state index in [4.69, 9.17) is 0 Å². The maximum Gasteiger partial charge on any atom is 0.245 e. The van der Waals surface area contributed by atoms with Crippen molar-refractivity contribution in [3.63, 3.8) is 0 Å².